The van der Waals surface area contributed by atoms with Crippen molar-refractivity contribution in [3.05, 3.63) is 27.7 Å². The van der Waals surface area contributed by atoms with Crippen molar-refractivity contribution in [3.63, 3.8) is 0 Å². The summed E-state index contributed by atoms with van der Waals surface area (Å²) in [6.07, 6.45) is -0.463. The second kappa shape index (κ2) is 5.12. The molecule has 0 radical (unpaired) electrons. The van der Waals surface area contributed by atoms with E-state index in [1.54, 1.807) is 0 Å². The van der Waals surface area contributed by atoms with Crippen LogP contribution in [0, 0.1) is 0 Å². The van der Waals surface area contributed by atoms with Crippen molar-refractivity contribution in [1.29, 1.82) is 0 Å². The summed E-state index contributed by atoms with van der Waals surface area (Å²) < 4.78 is 4.96. The maximum atomic E-state index is 10.6. The van der Waals surface area contributed by atoms with Gasteiger partial charge in [-0.3, -0.25) is 4.79 Å². The minimum Gasteiger partial charge on any atom is -0.495 e. The van der Waals surface area contributed by atoms with Crippen LogP contribution in [0.25, 0.3) is 0 Å². The Morgan fingerprint density at radius 2 is 2.00 bits per heavy atom. The highest BCUT2D eigenvalue weighted by Crippen LogP contribution is 2.37. The smallest absolute Gasteiger partial charge is 0.306 e. The van der Waals surface area contributed by atoms with E-state index in [0.717, 1.165) is 0 Å². The van der Waals surface area contributed by atoms with Gasteiger partial charge in [0.25, 0.3) is 0 Å². The highest BCUT2D eigenvalue weighted by Gasteiger charge is 2.29. The van der Waals surface area contributed by atoms with Gasteiger partial charge in [-0.25, -0.2) is 0 Å². The highest BCUT2D eigenvalue weighted by molar-refractivity contribution is 6.34. The Kier molecular flexibility index (Phi) is 4.25. The maximum Gasteiger partial charge on any atom is 0.306 e. The monoisotopic (exact) mass is 278 g/mol. The molecular weight excluding hydrogens is 267 g/mol. The summed E-state index contributed by atoms with van der Waals surface area (Å²) in [5.74, 6) is -0.760. The number of benzene rings is 1. The maximum absolute atomic E-state index is 10.6. The molecule has 0 saturated heterocycles. The molecule has 0 heterocycles. The fourth-order valence-electron chi connectivity index (χ4n) is 1.49. The second-order valence-electron chi connectivity index (χ2n) is 3.81. The summed E-state index contributed by atoms with van der Waals surface area (Å²) in [6, 6.07) is 2.85. The number of aliphatic carboxylic acids is 1. The van der Waals surface area contributed by atoms with E-state index < -0.39 is 18.0 Å². The Balaban J connectivity index is 3.22. The van der Waals surface area contributed by atoms with Crippen molar-refractivity contribution in [1.82, 2.24) is 0 Å². The first-order valence-corrected chi connectivity index (χ1v) is 5.51. The predicted molar refractivity (Wildman–Crippen MR) is 64.8 cm³/mol. The number of hydrogen-bond acceptors (Lipinski definition) is 3. The van der Waals surface area contributed by atoms with Gasteiger partial charge < -0.3 is 14.9 Å². The minimum absolute atomic E-state index is 0.206. The molecule has 94 valence electrons. The molecule has 1 aromatic rings. The second-order valence-corrected chi connectivity index (χ2v) is 4.63. The van der Waals surface area contributed by atoms with Gasteiger partial charge in [0.2, 0.25) is 0 Å². The van der Waals surface area contributed by atoms with Crippen molar-refractivity contribution >= 4 is 29.2 Å². The number of halogens is 2. The van der Waals surface area contributed by atoms with Gasteiger partial charge in [0.15, 0.2) is 0 Å². The third-order valence-corrected chi connectivity index (χ3v) is 2.93. The van der Waals surface area contributed by atoms with E-state index in [9.17, 15) is 9.90 Å². The Bertz CT molecular complexity index is 443. The number of carbonyl (C=O) groups is 1. The topological polar surface area (TPSA) is 66.8 Å². The van der Waals surface area contributed by atoms with Crippen molar-refractivity contribution < 1.29 is 19.7 Å². The summed E-state index contributed by atoms with van der Waals surface area (Å²) in [7, 11) is 1.44. The number of methoxy groups -OCH3 is 1. The van der Waals surface area contributed by atoms with Crippen molar-refractivity contribution in [2.45, 2.75) is 18.9 Å². The van der Waals surface area contributed by atoms with Gasteiger partial charge in [0.1, 0.15) is 5.75 Å². The number of rotatable bonds is 4. The summed E-state index contributed by atoms with van der Waals surface area (Å²) in [5, 5.41) is 19.2. The number of hydrogen-bond donors (Lipinski definition) is 2. The number of carboxylic acids is 1. The zero-order chi connectivity index (χ0) is 13.2. The fraction of sp³-hybridized carbons (Fsp3) is 0.364. The van der Waals surface area contributed by atoms with Crippen LogP contribution >= 0.6 is 23.2 Å². The van der Waals surface area contributed by atoms with Crippen LogP contribution in [0.1, 0.15) is 18.9 Å². The first kappa shape index (κ1) is 14.1. The lowest BCUT2D eigenvalue weighted by Gasteiger charge is -2.23. The molecule has 0 fully saturated rings. The van der Waals surface area contributed by atoms with Crippen molar-refractivity contribution in [3.8, 4) is 5.75 Å². The molecule has 0 bridgehead atoms. The van der Waals surface area contributed by atoms with Gasteiger partial charge in [0.05, 0.1) is 29.2 Å². The van der Waals surface area contributed by atoms with Gasteiger partial charge >= 0.3 is 5.97 Å². The predicted octanol–water partition coefficient (Wildman–Crippen LogP) is 2.68. The third-order valence-electron chi connectivity index (χ3n) is 2.32. The first-order chi connectivity index (χ1) is 7.77. The first-order valence-electron chi connectivity index (χ1n) is 4.75. The molecule has 6 heteroatoms. The molecule has 2 N–H and O–H groups in total. The third kappa shape index (κ3) is 3.25. The van der Waals surface area contributed by atoms with Crippen LogP contribution in [-0.4, -0.2) is 23.3 Å². The van der Waals surface area contributed by atoms with E-state index in [-0.39, 0.29) is 15.6 Å². The quantitative estimate of drug-likeness (QED) is 0.889. The average Bonchev–Trinajstić information content (AvgIpc) is 2.18. The van der Waals surface area contributed by atoms with Crippen molar-refractivity contribution in [2.24, 2.45) is 0 Å². The summed E-state index contributed by atoms with van der Waals surface area (Å²) in [6.45, 7) is 1.37. The molecule has 4 nitrogen and oxygen atoms in total. The molecule has 17 heavy (non-hydrogen) atoms. The van der Waals surface area contributed by atoms with Gasteiger partial charge in [-0.05, 0) is 13.0 Å². The Hall–Kier alpha value is -0.970. The fourth-order valence-corrected chi connectivity index (χ4v) is 2.09. The SMILES string of the molecule is COc1cc(Cl)c(C(C)(O)CC(=O)O)cc1Cl. The largest absolute Gasteiger partial charge is 0.495 e. The molecule has 0 aliphatic rings. The molecule has 0 saturated carbocycles. The van der Waals surface area contributed by atoms with Gasteiger partial charge in [0, 0.05) is 11.6 Å². The van der Waals surface area contributed by atoms with E-state index in [1.165, 1.54) is 26.2 Å². The standard InChI is InChI=1S/C11H12Cl2O4/c1-11(16,5-10(14)15)6-3-8(13)9(17-2)4-7(6)12/h3-4,16H,5H2,1-2H3,(H,14,15). The lowest BCUT2D eigenvalue weighted by atomic mass is 9.92. The Morgan fingerprint density at radius 1 is 1.41 bits per heavy atom. The summed E-state index contributed by atoms with van der Waals surface area (Å²) >= 11 is 11.9. The molecule has 0 aromatic heterocycles. The van der Waals surface area contributed by atoms with Crippen LogP contribution < -0.4 is 4.74 Å². The Labute approximate surface area is 109 Å². The average molecular weight is 279 g/mol. The minimum atomic E-state index is -1.58. The number of ether oxygens (including phenoxy) is 1. The molecule has 1 aromatic carbocycles. The van der Waals surface area contributed by atoms with Gasteiger partial charge in [-0.2, -0.15) is 0 Å². The molecule has 1 unspecified atom stereocenters. The van der Waals surface area contributed by atoms with E-state index >= 15 is 0 Å². The normalized spacial score (nSPS) is 14.2. The van der Waals surface area contributed by atoms with Crippen LogP contribution in [0.15, 0.2) is 12.1 Å². The van der Waals surface area contributed by atoms with E-state index in [0.29, 0.717) is 5.75 Å². The lowest BCUT2D eigenvalue weighted by Crippen LogP contribution is -2.25. The van der Waals surface area contributed by atoms with Gasteiger partial charge in [-0.15, -0.1) is 0 Å². The molecule has 1 rings (SSSR count). The molecule has 0 spiro atoms. The highest BCUT2D eigenvalue weighted by atomic mass is 35.5. The number of aliphatic hydroxyl groups is 1. The van der Waals surface area contributed by atoms with E-state index in [2.05, 4.69) is 0 Å². The van der Waals surface area contributed by atoms with Crippen molar-refractivity contribution in [2.75, 3.05) is 7.11 Å². The molecule has 0 aliphatic heterocycles. The van der Waals surface area contributed by atoms with Crippen LogP contribution in [0.4, 0.5) is 0 Å². The number of carboxylic acid groups (broad SMARTS) is 1. The molecule has 1 atom stereocenters. The van der Waals surface area contributed by atoms with E-state index in [1.807, 2.05) is 0 Å². The van der Waals surface area contributed by atoms with Crippen LogP contribution in [0.3, 0.4) is 0 Å². The van der Waals surface area contributed by atoms with Gasteiger partial charge in [-0.1, -0.05) is 23.2 Å². The zero-order valence-electron chi connectivity index (χ0n) is 9.33. The lowest BCUT2D eigenvalue weighted by molar-refractivity contribution is -0.142. The Morgan fingerprint density at radius 3 is 2.47 bits per heavy atom. The van der Waals surface area contributed by atoms with Crippen LogP contribution in [0.5, 0.6) is 5.75 Å². The van der Waals surface area contributed by atoms with Crippen LogP contribution in [0.2, 0.25) is 10.0 Å². The molecule has 0 aliphatic carbocycles. The zero-order valence-corrected chi connectivity index (χ0v) is 10.8. The van der Waals surface area contributed by atoms with Crippen LogP contribution in [-0.2, 0) is 10.4 Å². The summed E-state index contributed by atoms with van der Waals surface area (Å²) in [5.41, 5.74) is -1.33. The molecule has 0 amide bonds. The molecular formula is C11H12Cl2O4. The van der Waals surface area contributed by atoms with E-state index in [4.69, 9.17) is 33.0 Å². The summed E-state index contributed by atoms with van der Waals surface area (Å²) in [4.78, 5) is 10.6.